The van der Waals surface area contributed by atoms with Gasteiger partial charge in [0.2, 0.25) is 0 Å². The van der Waals surface area contributed by atoms with Crippen LogP contribution in [-0.4, -0.2) is 56.8 Å². The van der Waals surface area contributed by atoms with Crippen LogP contribution in [0.3, 0.4) is 0 Å². The Morgan fingerprint density at radius 1 is 1.08 bits per heavy atom. The van der Waals surface area contributed by atoms with Crippen molar-refractivity contribution in [2.75, 3.05) is 6.61 Å². The van der Waals surface area contributed by atoms with Gasteiger partial charge >= 0.3 is 5.97 Å². The Morgan fingerprint density at radius 3 is 2.30 bits per heavy atom. The molecule has 0 unspecified atom stereocenters. The second kappa shape index (κ2) is 10.7. The molecule has 37 heavy (non-hydrogen) atoms. The maximum absolute atomic E-state index is 13.4. The first-order valence-corrected chi connectivity index (χ1v) is 14.0. The summed E-state index contributed by atoms with van der Waals surface area (Å²) in [7, 11) is 0. The second-order valence-corrected chi connectivity index (χ2v) is 13.7. The van der Waals surface area contributed by atoms with E-state index in [9.17, 15) is 29.7 Å². The largest absolute Gasteiger partial charge is 0.393 e. The molecule has 0 aromatic heterocycles. The van der Waals surface area contributed by atoms with Crippen LogP contribution in [0.15, 0.2) is 0 Å². The summed E-state index contributed by atoms with van der Waals surface area (Å²) in [5, 5.41) is 30.6. The lowest BCUT2D eigenvalue weighted by molar-refractivity contribution is -0.322. The molecule has 0 aromatic rings. The molecule has 4 aliphatic rings. The van der Waals surface area contributed by atoms with Crippen molar-refractivity contribution in [3.05, 3.63) is 0 Å². The minimum absolute atomic E-state index is 0.0154. The lowest BCUT2D eigenvalue weighted by atomic mass is 9.44. The summed E-state index contributed by atoms with van der Waals surface area (Å²) in [5.74, 6) is -0.0951. The molecule has 4 rings (SSSR count). The number of aliphatic hydroxyl groups is 3. The number of aliphatic hydroxyl groups excluding tert-OH is 2. The highest BCUT2D eigenvalue weighted by Crippen LogP contribution is 2.67. The number of carbonyl (C=O) groups excluding carboxylic acids is 3. The third-order valence-corrected chi connectivity index (χ3v) is 9.93. The normalized spacial score (nSPS) is 41.2. The fourth-order valence-electron chi connectivity index (χ4n) is 7.91. The quantitative estimate of drug-likeness (QED) is 0.374. The predicted molar refractivity (Wildman–Crippen MR) is 137 cm³/mol. The van der Waals surface area contributed by atoms with Crippen molar-refractivity contribution in [1.82, 2.24) is 0 Å². The molecule has 212 valence electrons. The molecule has 0 aliphatic heterocycles. The van der Waals surface area contributed by atoms with Gasteiger partial charge in [-0.2, -0.15) is 4.89 Å². The Kier molecular flexibility index (Phi) is 8.70. The van der Waals surface area contributed by atoms with Crippen molar-refractivity contribution in [3.8, 4) is 0 Å². The number of fused-ring (bicyclic) bond motifs is 5. The molecule has 0 bridgehead atoms. The highest BCUT2D eigenvalue weighted by molar-refractivity contribution is 5.92. The average molecular weight is 525 g/mol. The van der Waals surface area contributed by atoms with E-state index in [1.807, 2.05) is 27.7 Å². The molecular weight excluding hydrogens is 476 g/mol. The standard InChI is InChI=1S/C21H32O5.C8H16O3/c1-19-7-5-13(23)9-12(19)3-4-14-15-6-8-21(26,17(25)11-22)20(15,2)10-16(24)18(14)19;1-6(2)7(9)10-11-8(3,4)5/h12-15,18,22-23,26H,3-11H2,1-2H3;6H,1-5H3/t12-,13-,14+,15+,18-,19+,20+,21+;/m1./s1. The first-order chi connectivity index (χ1) is 17.0. The van der Waals surface area contributed by atoms with Crippen molar-refractivity contribution in [3.63, 3.8) is 0 Å². The third kappa shape index (κ3) is 5.54. The summed E-state index contributed by atoms with van der Waals surface area (Å²) in [6.07, 6.45) is 5.47. The van der Waals surface area contributed by atoms with Gasteiger partial charge in [0.15, 0.2) is 5.78 Å². The van der Waals surface area contributed by atoms with Gasteiger partial charge in [0.05, 0.1) is 12.0 Å². The van der Waals surface area contributed by atoms with E-state index in [-0.39, 0.29) is 53.4 Å². The molecule has 0 radical (unpaired) electrons. The molecule has 4 aliphatic carbocycles. The van der Waals surface area contributed by atoms with Gasteiger partial charge in [0.25, 0.3) is 0 Å². The van der Waals surface area contributed by atoms with Gasteiger partial charge in [0.1, 0.15) is 23.6 Å². The Balaban J connectivity index is 0.000000295. The fourth-order valence-corrected chi connectivity index (χ4v) is 7.91. The zero-order valence-corrected chi connectivity index (χ0v) is 23.7. The Hall–Kier alpha value is -1.35. The molecule has 4 fully saturated rings. The zero-order chi connectivity index (χ0) is 28.0. The number of carbonyl (C=O) groups is 3. The number of hydrogen-bond donors (Lipinski definition) is 3. The van der Waals surface area contributed by atoms with Gasteiger partial charge < -0.3 is 15.3 Å². The van der Waals surface area contributed by atoms with Gasteiger partial charge in [-0.3, -0.25) is 14.5 Å². The van der Waals surface area contributed by atoms with E-state index in [1.165, 1.54) is 0 Å². The van der Waals surface area contributed by atoms with Crippen LogP contribution in [0.2, 0.25) is 0 Å². The first-order valence-electron chi connectivity index (χ1n) is 14.0. The van der Waals surface area contributed by atoms with Gasteiger partial charge in [-0.05, 0) is 88.9 Å². The maximum atomic E-state index is 13.4. The summed E-state index contributed by atoms with van der Waals surface area (Å²) >= 11 is 0. The van der Waals surface area contributed by atoms with Gasteiger partial charge in [0, 0.05) is 17.8 Å². The van der Waals surface area contributed by atoms with Gasteiger partial charge in [-0.1, -0.05) is 27.7 Å². The van der Waals surface area contributed by atoms with Crippen molar-refractivity contribution >= 4 is 17.5 Å². The van der Waals surface area contributed by atoms with Crippen molar-refractivity contribution in [1.29, 1.82) is 0 Å². The average Bonchev–Trinajstić information content (AvgIpc) is 3.08. The molecule has 8 atom stereocenters. The molecule has 4 saturated carbocycles. The van der Waals surface area contributed by atoms with E-state index in [0.29, 0.717) is 12.3 Å². The topological polar surface area (TPSA) is 130 Å². The molecular formula is C29H48O8. The molecule has 0 spiro atoms. The van der Waals surface area contributed by atoms with E-state index in [0.717, 1.165) is 38.5 Å². The van der Waals surface area contributed by atoms with Crippen LogP contribution in [-0.2, 0) is 24.2 Å². The number of hydrogen-bond acceptors (Lipinski definition) is 8. The summed E-state index contributed by atoms with van der Waals surface area (Å²) in [4.78, 5) is 45.9. The molecule has 0 saturated heterocycles. The molecule has 0 amide bonds. The number of Topliss-reactive ketones (excluding diaryl/α,β-unsaturated/α-hetero) is 2. The molecule has 8 heteroatoms. The highest BCUT2D eigenvalue weighted by atomic mass is 17.2. The lowest BCUT2D eigenvalue weighted by Crippen LogP contribution is -2.62. The monoisotopic (exact) mass is 524 g/mol. The predicted octanol–water partition coefficient (Wildman–Crippen LogP) is 3.78. The SMILES string of the molecule is CC(C)C(=O)OOC(C)(C)C.C[C@]12CC[C@@H](O)C[C@H]1CC[C@@H]1[C@@H]2C(=O)C[C@@]2(C)[C@H]1CC[C@]2(O)C(=O)CO. The van der Waals surface area contributed by atoms with Crippen LogP contribution in [0.25, 0.3) is 0 Å². The fraction of sp³-hybridized carbons (Fsp3) is 0.897. The summed E-state index contributed by atoms with van der Waals surface area (Å²) in [6, 6.07) is 0. The van der Waals surface area contributed by atoms with Crippen molar-refractivity contribution < 1.29 is 39.5 Å². The Bertz CT molecular complexity index is 878. The molecule has 3 N–H and O–H groups in total. The minimum Gasteiger partial charge on any atom is -0.393 e. The summed E-state index contributed by atoms with van der Waals surface area (Å²) < 4.78 is 0. The van der Waals surface area contributed by atoms with Gasteiger partial charge in [-0.15, -0.1) is 0 Å². The minimum atomic E-state index is -1.58. The van der Waals surface area contributed by atoms with E-state index >= 15 is 0 Å². The molecule has 0 heterocycles. The van der Waals surface area contributed by atoms with Crippen molar-refractivity contribution in [2.24, 2.45) is 40.4 Å². The summed E-state index contributed by atoms with van der Waals surface area (Å²) in [6.45, 7) is 12.4. The van der Waals surface area contributed by atoms with Crippen LogP contribution < -0.4 is 0 Å². The second-order valence-electron chi connectivity index (χ2n) is 13.7. The number of rotatable bonds is 4. The highest BCUT2D eigenvalue weighted by Gasteiger charge is 2.68. The first kappa shape index (κ1) is 30.2. The van der Waals surface area contributed by atoms with Crippen LogP contribution in [0.1, 0.15) is 99.8 Å². The van der Waals surface area contributed by atoms with Crippen molar-refractivity contribution in [2.45, 2.75) is 117 Å². The molecule has 8 nitrogen and oxygen atoms in total. The van der Waals surface area contributed by atoms with E-state index < -0.39 is 29.0 Å². The zero-order valence-electron chi connectivity index (χ0n) is 23.7. The Morgan fingerprint density at radius 2 is 1.73 bits per heavy atom. The lowest BCUT2D eigenvalue weighted by Gasteiger charge is -2.60. The van der Waals surface area contributed by atoms with E-state index in [4.69, 9.17) is 4.89 Å². The summed E-state index contributed by atoms with van der Waals surface area (Å²) in [5.41, 5.74) is -2.83. The van der Waals surface area contributed by atoms with Crippen LogP contribution in [0.5, 0.6) is 0 Å². The number of ketones is 2. The van der Waals surface area contributed by atoms with Crippen LogP contribution in [0.4, 0.5) is 0 Å². The van der Waals surface area contributed by atoms with Crippen LogP contribution >= 0.6 is 0 Å². The maximum Gasteiger partial charge on any atom is 0.344 e. The smallest absolute Gasteiger partial charge is 0.344 e. The van der Waals surface area contributed by atoms with Gasteiger partial charge in [-0.25, -0.2) is 4.79 Å². The molecule has 0 aromatic carbocycles. The third-order valence-electron chi connectivity index (χ3n) is 9.93. The van der Waals surface area contributed by atoms with E-state index in [2.05, 4.69) is 11.8 Å². The Labute approximate surface area is 221 Å². The van der Waals surface area contributed by atoms with Crippen LogP contribution in [0, 0.1) is 40.4 Å². The van der Waals surface area contributed by atoms with E-state index in [1.54, 1.807) is 13.8 Å².